The number of carbonyl (C=O) groups is 1. The predicted molar refractivity (Wildman–Crippen MR) is 74.4 cm³/mol. The molecule has 1 aromatic carbocycles. The number of rotatable bonds is 4. The van der Waals surface area contributed by atoms with Crippen LogP contribution in [0.5, 0.6) is 0 Å². The molecule has 0 aliphatic carbocycles. The summed E-state index contributed by atoms with van der Waals surface area (Å²) in [6.45, 7) is 1.74. The van der Waals surface area contributed by atoms with Crippen molar-refractivity contribution in [1.29, 1.82) is 0 Å². The molecule has 116 valence electrons. The number of halogens is 4. The normalized spacial score (nSPS) is 15.9. The Labute approximate surface area is 125 Å². The van der Waals surface area contributed by atoms with Crippen molar-refractivity contribution >= 4 is 23.2 Å². The molecule has 21 heavy (non-hydrogen) atoms. The minimum absolute atomic E-state index is 0.0804. The monoisotopic (exact) mass is 321 g/mol. The Hall–Kier alpha value is -1.31. The number of anilines is 1. The molecule has 1 heterocycles. The van der Waals surface area contributed by atoms with Crippen LogP contribution in [-0.4, -0.2) is 43.5 Å². The average molecular weight is 322 g/mol. The highest BCUT2D eigenvalue weighted by Crippen LogP contribution is 2.36. The van der Waals surface area contributed by atoms with E-state index in [0.717, 1.165) is 25.2 Å². The van der Waals surface area contributed by atoms with E-state index in [4.69, 9.17) is 11.6 Å². The summed E-state index contributed by atoms with van der Waals surface area (Å²) in [5.74, 6) is -0.361. The molecule has 2 rings (SSSR count). The minimum atomic E-state index is -4.55. The Morgan fingerprint density at radius 2 is 2.14 bits per heavy atom. The van der Waals surface area contributed by atoms with Crippen LogP contribution in [0.2, 0.25) is 5.02 Å². The van der Waals surface area contributed by atoms with Gasteiger partial charge in [0.05, 0.1) is 17.1 Å². The number of nitrogens with one attached hydrogen (secondary N) is 2. The zero-order valence-electron chi connectivity index (χ0n) is 11.3. The highest BCUT2D eigenvalue weighted by molar-refractivity contribution is 6.31. The van der Waals surface area contributed by atoms with E-state index in [2.05, 4.69) is 10.6 Å². The van der Waals surface area contributed by atoms with Gasteiger partial charge in [-0.1, -0.05) is 11.6 Å². The van der Waals surface area contributed by atoms with Crippen molar-refractivity contribution in [1.82, 2.24) is 10.2 Å². The summed E-state index contributed by atoms with van der Waals surface area (Å²) in [5, 5.41) is 5.15. The highest BCUT2D eigenvalue weighted by Gasteiger charge is 2.33. The molecule has 0 radical (unpaired) electrons. The molecule has 0 bridgehead atoms. The third-order valence-corrected chi connectivity index (χ3v) is 3.66. The summed E-state index contributed by atoms with van der Waals surface area (Å²) in [6.07, 6.45) is -4.55. The first-order chi connectivity index (χ1) is 9.77. The van der Waals surface area contributed by atoms with E-state index in [1.165, 1.54) is 6.07 Å². The Balaban J connectivity index is 2.00. The van der Waals surface area contributed by atoms with E-state index >= 15 is 0 Å². The summed E-state index contributed by atoms with van der Waals surface area (Å²) in [6, 6.07) is 3.59. The molecule has 2 N–H and O–H groups in total. The quantitative estimate of drug-likeness (QED) is 0.893. The van der Waals surface area contributed by atoms with E-state index in [9.17, 15) is 18.0 Å². The molecule has 1 aromatic rings. The Kier molecular flexibility index (Phi) is 4.75. The van der Waals surface area contributed by atoms with E-state index < -0.39 is 16.8 Å². The highest BCUT2D eigenvalue weighted by atomic mass is 35.5. The maximum absolute atomic E-state index is 12.7. The second kappa shape index (κ2) is 6.21. The van der Waals surface area contributed by atoms with Gasteiger partial charge >= 0.3 is 6.18 Å². The van der Waals surface area contributed by atoms with Gasteiger partial charge in [-0.25, -0.2) is 0 Å². The summed E-state index contributed by atoms with van der Waals surface area (Å²) in [5.41, 5.74) is -0.879. The third kappa shape index (κ3) is 4.09. The molecule has 0 aromatic heterocycles. The fourth-order valence-corrected chi connectivity index (χ4v) is 2.19. The van der Waals surface area contributed by atoms with Crippen LogP contribution in [0, 0.1) is 0 Å². The van der Waals surface area contributed by atoms with Gasteiger partial charge in [0, 0.05) is 24.8 Å². The van der Waals surface area contributed by atoms with Crippen LogP contribution < -0.4 is 10.6 Å². The van der Waals surface area contributed by atoms with Crippen LogP contribution in [0.15, 0.2) is 18.2 Å². The number of hydrogen-bond donors (Lipinski definition) is 2. The Morgan fingerprint density at radius 1 is 1.48 bits per heavy atom. The van der Waals surface area contributed by atoms with E-state index in [0.29, 0.717) is 0 Å². The first-order valence-electron chi connectivity index (χ1n) is 6.35. The number of benzene rings is 1. The van der Waals surface area contributed by atoms with Gasteiger partial charge in [-0.2, -0.15) is 13.2 Å². The Bertz CT molecular complexity index is 532. The summed E-state index contributed by atoms with van der Waals surface area (Å²) in [7, 11) is 1.80. The van der Waals surface area contributed by atoms with Crippen molar-refractivity contribution in [2.45, 2.75) is 12.2 Å². The van der Waals surface area contributed by atoms with Crippen LogP contribution >= 0.6 is 11.6 Å². The second-order valence-corrected chi connectivity index (χ2v) is 5.37. The van der Waals surface area contributed by atoms with Crippen LogP contribution in [0.1, 0.15) is 5.56 Å². The van der Waals surface area contributed by atoms with Crippen LogP contribution in [0.3, 0.4) is 0 Å². The number of amides is 1. The standard InChI is InChI=1S/C13H15ClF3N3O/c1-20(9-5-18-6-9)7-12(21)19-8-2-3-11(14)10(4-8)13(15,16)17/h2-4,9,18H,5-7H2,1H3,(H,19,21). The van der Waals surface area contributed by atoms with Crippen LogP contribution in [0.4, 0.5) is 18.9 Å². The van der Waals surface area contributed by atoms with Crippen molar-refractivity contribution < 1.29 is 18.0 Å². The first kappa shape index (κ1) is 16.1. The minimum Gasteiger partial charge on any atom is -0.325 e. The fraction of sp³-hybridized carbons (Fsp3) is 0.462. The molecule has 0 atom stereocenters. The van der Waals surface area contributed by atoms with Gasteiger partial charge in [-0.15, -0.1) is 0 Å². The molecule has 0 spiro atoms. The number of carbonyl (C=O) groups excluding carboxylic acids is 1. The topological polar surface area (TPSA) is 44.4 Å². The maximum atomic E-state index is 12.7. The molecular weight excluding hydrogens is 307 g/mol. The van der Waals surface area contributed by atoms with Crippen LogP contribution in [0.25, 0.3) is 0 Å². The van der Waals surface area contributed by atoms with Gasteiger partial charge < -0.3 is 10.6 Å². The molecule has 0 unspecified atom stereocenters. The zero-order chi connectivity index (χ0) is 15.6. The summed E-state index contributed by atoms with van der Waals surface area (Å²) < 4.78 is 38.2. The van der Waals surface area contributed by atoms with Gasteiger partial charge in [-0.3, -0.25) is 9.69 Å². The van der Waals surface area contributed by atoms with Crippen LogP contribution in [-0.2, 0) is 11.0 Å². The molecule has 1 saturated heterocycles. The molecule has 4 nitrogen and oxygen atoms in total. The van der Waals surface area contributed by atoms with E-state index in [1.54, 1.807) is 7.05 Å². The molecule has 8 heteroatoms. The molecule has 1 amide bonds. The van der Waals surface area contributed by atoms with Crippen molar-refractivity contribution in [2.24, 2.45) is 0 Å². The van der Waals surface area contributed by atoms with Crippen molar-refractivity contribution in [3.05, 3.63) is 28.8 Å². The molecule has 1 aliphatic rings. The lowest BCUT2D eigenvalue weighted by Gasteiger charge is -2.35. The van der Waals surface area contributed by atoms with Gasteiger partial charge in [0.1, 0.15) is 0 Å². The number of nitrogens with zero attached hydrogens (tertiary/aromatic N) is 1. The SMILES string of the molecule is CN(CC(=O)Nc1ccc(Cl)c(C(F)(F)F)c1)C1CNC1. The van der Waals surface area contributed by atoms with Crippen molar-refractivity contribution in [3.8, 4) is 0 Å². The molecular formula is C13H15ClF3N3O. The summed E-state index contributed by atoms with van der Waals surface area (Å²) >= 11 is 5.52. The van der Waals surface area contributed by atoms with E-state index in [1.807, 2.05) is 4.90 Å². The smallest absolute Gasteiger partial charge is 0.325 e. The third-order valence-electron chi connectivity index (χ3n) is 3.33. The number of alkyl halides is 3. The van der Waals surface area contributed by atoms with Gasteiger partial charge in [0.25, 0.3) is 0 Å². The lowest BCUT2D eigenvalue weighted by Crippen LogP contribution is -2.57. The van der Waals surface area contributed by atoms with Crippen molar-refractivity contribution in [2.75, 3.05) is 32.0 Å². The number of likely N-dealkylation sites (N-methyl/N-ethyl adjacent to an activating group) is 1. The van der Waals surface area contributed by atoms with Gasteiger partial charge in [0.15, 0.2) is 0 Å². The lowest BCUT2D eigenvalue weighted by molar-refractivity contribution is -0.137. The second-order valence-electron chi connectivity index (χ2n) is 4.97. The zero-order valence-corrected chi connectivity index (χ0v) is 12.1. The summed E-state index contributed by atoms with van der Waals surface area (Å²) in [4.78, 5) is 13.7. The maximum Gasteiger partial charge on any atom is 0.417 e. The average Bonchev–Trinajstić information content (AvgIpc) is 2.27. The fourth-order valence-electron chi connectivity index (χ4n) is 1.96. The van der Waals surface area contributed by atoms with Gasteiger partial charge in [-0.05, 0) is 25.2 Å². The largest absolute Gasteiger partial charge is 0.417 e. The van der Waals surface area contributed by atoms with E-state index in [-0.39, 0.29) is 24.2 Å². The molecule has 1 aliphatic heterocycles. The first-order valence-corrected chi connectivity index (χ1v) is 6.72. The molecule has 1 fully saturated rings. The Morgan fingerprint density at radius 3 is 2.67 bits per heavy atom. The van der Waals surface area contributed by atoms with Crippen molar-refractivity contribution in [3.63, 3.8) is 0 Å². The number of hydrogen-bond acceptors (Lipinski definition) is 3. The predicted octanol–water partition coefficient (Wildman–Crippen LogP) is 2.20. The lowest BCUT2D eigenvalue weighted by atomic mass is 10.1. The van der Waals surface area contributed by atoms with Gasteiger partial charge in [0.2, 0.25) is 5.91 Å². The molecule has 0 saturated carbocycles.